The molecule has 1 aromatic rings. The number of anilines is 1. The van der Waals surface area contributed by atoms with Crippen molar-refractivity contribution in [1.82, 2.24) is 9.47 Å². The number of rotatable bonds is 3. The van der Waals surface area contributed by atoms with E-state index in [2.05, 4.69) is 11.9 Å². The summed E-state index contributed by atoms with van der Waals surface area (Å²) in [6.07, 6.45) is 6.70. The Balaban J connectivity index is 1.97. The second-order valence-electron chi connectivity index (χ2n) is 4.88. The first-order valence-electron chi connectivity index (χ1n) is 6.33. The van der Waals surface area contributed by atoms with Crippen molar-refractivity contribution in [2.24, 2.45) is 0 Å². The maximum atomic E-state index is 11.7. The molecule has 1 aliphatic heterocycles. The van der Waals surface area contributed by atoms with E-state index in [0.717, 1.165) is 13.0 Å². The lowest BCUT2D eigenvalue weighted by Crippen LogP contribution is -2.37. The van der Waals surface area contributed by atoms with Crippen LogP contribution in [-0.4, -0.2) is 29.1 Å². The number of hydrogen-bond donors (Lipinski definition) is 1. The molecule has 94 valence electrons. The molecule has 1 saturated heterocycles. The minimum atomic E-state index is -0.0639. The average Bonchev–Trinajstić information content (AvgIpc) is 2.33. The highest BCUT2D eigenvalue weighted by Crippen LogP contribution is 2.18. The summed E-state index contributed by atoms with van der Waals surface area (Å²) in [6, 6.07) is 4.10. The van der Waals surface area contributed by atoms with Crippen LogP contribution in [0.3, 0.4) is 0 Å². The van der Waals surface area contributed by atoms with Crippen LogP contribution >= 0.6 is 0 Å². The third kappa shape index (κ3) is 2.88. The summed E-state index contributed by atoms with van der Waals surface area (Å²) in [5.74, 6) is 0. The zero-order chi connectivity index (χ0) is 12.3. The molecule has 0 aliphatic carbocycles. The molecule has 1 aliphatic rings. The molecule has 1 fully saturated rings. The lowest BCUT2D eigenvalue weighted by molar-refractivity contribution is 0.170. The predicted octanol–water partition coefficient (Wildman–Crippen LogP) is 1.30. The number of likely N-dealkylation sites (tertiary alicyclic amines) is 1. The minimum absolute atomic E-state index is 0.0639. The fraction of sp³-hybridized carbons (Fsp3) is 0.615. The fourth-order valence-electron chi connectivity index (χ4n) is 2.53. The van der Waals surface area contributed by atoms with Crippen LogP contribution < -0.4 is 11.3 Å². The minimum Gasteiger partial charge on any atom is -0.394 e. The summed E-state index contributed by atoms with van der Waals surface area (Å²) < 4.78 is 1.72. The number of aromatic nitrogens is 1. The molecule has 2 rings (SSSR count). The van der Waals surface area contributed by atoms with Gasteiger partial charge in [0.1, 0.15) is 0 Å². The maximum Gasteiger partial charge on any atom is 0.273 e. The van der Waals surface area contributed by atoms with Gasteiger partial charge in [-0.25, -0.2) is 0 Å². The predicted molar refractivity (Wildman–Crippen MR) is 70.0 cm³/mol. The van der Waals surface area contributed by atoms with Crippen LogP contribution in [0.4, 0.5) is 5.69 Å². The molecule has 1 atom stereocenters. The topological polar surface area (TPSA) is 51.3 Å². The van der Waals surface area contributed by atoms with E-state index in [0.29, 0.717) is 11.7 Å². The lowest BCUT2D eigenvalue weighted by Gasteiger charge is -2.32. The van der Waals surface area contributed by atoms with Crippen molar-refractivity contribution < 1.29 is 0 Å². The van der Waals surface area contributed by atoms with Gasteiger partial charge in [-0.2, -0.15) is 0 Å². The molecule has 2 heterocycles. The highest BCUT2D eigenvalue weighted by molar-refractivity contribution is 5.33. The second-order valence-corrected chi connectivity index (χ2v) is 4.88. The Hall–Kier alpha value is -1.29. The smallest absolute Gasteiger partial charge is 0.273 e. The van der Waals surface area contributed by atoms with Crippen LogP contribution in [-0.2, 0) is 6.54 Å². The Kier molecular flexibility index (Phi) is 3.84. The van der Waals surface area contributed by atoms with E-state index in [-0.39, 0.29) is 5.56 Å². The van der Waals surface area contributed by atoms with Crippen molar-refractivity contribution in [2.75, 3.05) is 19.3 Å². The summed E-state index contributed by atoms with van der Waals surface area (Å²) in [5.41, 5.74) is 5.89. The van der Waals surface area contributed by atoms with Crippen molar-refractivity contribution in [3.63, 3.8) is 0 Å². The lowest BCUT2D eigenvalue weighted by atomic mass is 10.0. The van der Waals surface area contributed by atoms with Gasteiger partial charge >= 0.3 is 0 Å². The number of nitrogens with zero attached hydrogens (tertiary/aromatic N) is 2. The summed E-state index contributed by atoms with van der Waals surface area (Å²) in [6.45, 7) is 1.94. The number of piperidine rings is 1. The highest BCUT2D eigenvalue weighted by atomic mass is 16.1. The first kappa shape index (κ1) is 12.2. The van der Waals surface area contributed by atoms with Gasteiger partial charge in [-0.05, 0) is 45.0 Å². The Morgan fingerprint density at radius 3 is 3.06 bits per heavy atom. The van der Waals surface area contributed by atoms with E-state index < -0.39 is 0 Å². The third-order valence-corrected chi connectivity index (χ3v) is 3.67. The summed E-state index contributed by atoms with van der Waals surface area (Å²) in [7, 11) is 2.17. The summed E-state index contributed by atoms with van der Waals surface area (Å²) >= 11 is 0. The van der Waals surface area contributed by atoms with E-state index >= 15 is 0 Å². The zero-order valence-corrected chi connectivity index (χ0v) is 10.4. The van der Waals surface area contributed by atoms with E-state index in [4.69, 9.17) is 5.73 Å². The monoisotopic (exact) mass is 235 g/mol. The Morgan fingerprint density at radius 1 is 1.47 bits per heavy atom. The van der Waals surface area contributed by atoms with Crippen LogP contribution in [0.15, 0.2) is 23.1 Å². The van der Waals surface area contributed by atoms with E-state index in [9.17, 15) is 4.79 Å². The molecule has 2 N–H and O–H groups in total. The maximum absolute atomic E-state index is 11.7. The van der Waals surface area contributed by atoms with E-state index in [1.54, 1.807) is 10.6 Å². The van der Waals surface area contributed by atoms with Gasteiger partial charge in [0.2, 0.25) is 0 Å². The molecule has 4 heteroatoms. The van der Waals surface area contributed by atoms with Crippen LogP contribution in [0.5, 0.6) is 0 Å². The first-order chi connectivity index (χ1) is 8.18. The molecule has 1 aromatic heterocycles. The summed E-state index contributed by atoms with van der Waals surface area (Å²) in [4.78, 5) is 14.2. The quantitative estimate of drug-likeness (QED) is 0.859. The van der Waals surface area contributed by atoms with Gasteiger partial charge in [0.25, 0.3) is 5.56 Å². The number of aryl methyl sites for hydroxylation is 1. The molecule has 0 amide bonds. The van der Waals surface area contributed by atoms with Crippen molar-refractivity contribution in [2.45, 2.75) is 38.3 Å². The molecule has 1 unspecified atom stereocenters. The normalized spacial score (nSPS) is 21.6. The van der Waals surface area contributed by atoms with Crippen LogP contribution in [0.25, 0.3) is 0 Å². The van der Waals surface area contributed by atoms with Gasteiger partial charge in [0.05, 0.1) is 5.69 Å². The molecule has 0 radical (unpaired) electrons. The Bertz CT molecular complexity index is 427. The number of pyridine rings is 1. The van der Waals surface area contributed by atoms with Gasteiger partial charge in [0.15, 0.2) is 0 Å². The largest absolute Gasteiger partial charge is 0.394 e. The van der Waals surface area contributed by atoms with E-state index in [1.807, 2.05) is 12.3 Å². The van der Waals surface area contributed by atoms with Crippen molar-refractivity contribution in [1.29, 1.82) is 0 Å². The van der Waals surface area contributed by atoms with Gasteiger partial charge in [-0.15, -0.1) is 0 Å². The molecular weight excluding hydrogens is 214 g/mol. The average molecular weight is 235 g/mol. The molecule has 0 aromatic carbocycles. The van der Waals surface area contributed by atoms with Crippen LogP contribution in [0, 0.1) is 0 Å². The van der Waals surface area contributed by atoms with Crippen LogP contribution in [0.1, 0.15) is 25.7 Å². The van der Waals surface area contributed by atoms with Crippen molar-refractivity contribution in [3.8, 4) is 0 Å². The van der Waals surface area contributed by atoms with Crippen LogP contribution in [0.2, 0.25) is 0 Å². The van der Waals surface area contributed by atoms with Gasteiger partial charge in [-0.1, -0.05) is 6.42 Å². The number of hydrogen-bond acceptors (Lipinski definition) is 3. The van der Waals surface area contributed by atoms with E-state index in [1.165, 1.54) is 25.8 Å². The fourth-order valence-corrected chi connectivity index (χ4v) is 2.53. The second kappa shape index (κ2) is 5.36. The molecule has 0 spiro atoms. The van der Waals surface area contributed by atoms with Gasteiger partial charge in [-0.3, -0.25) is 4.79 Å². The molecule has 0 saturated carbocycles. The third-order valence-electron chi connectivity index (χ3n) is 3.67. The molecule has 4 nitrogen and oxygen atoms in total. The van der Waals surface area contributed by atoms with Crippen molar-refractivity contribution >= 4 is 5.69 Å². The SMILES string of the molecule is CN1CCCCC1CCn1cccc(N)c1=O. The molecule has 17 heavy (non-hydrogen) atoms. The van der Waals surface area contributed by atoms with Crippen molar-refractivity contribution in [3.05, 3.63) is 28.7 Å². The standard InChI is InChI=1S/C13H21N3O/c1-15-8-3-2-5-11(15)7-10-16-9-4-6-12(14)13(16)17/h4,6,9,11H,2-3,5,7-8,10,14H2,1H3. The Labute approximate surface area is 102 Å². The molecular formula is C13H21N3O. The number of nitrogen functional groups attached to an aromatic ring is 1. The summed E-state index contributed by atoms with van der Waals surface area (Å²) in [5, 5.41) is 0. The van der Waals surface area contributed by atoms with Gasteiger partial charge in [0, 0.05) is 18.8 Å². The van der Waals surface area contributed by atoms with Gasteiger partial charge < -0.3 is 15.2 Å². The zero-order valence-electron chi connectivity index (χ0n) is 10.4. The first-order valence-corrected chi connectivity index (χ1v) is 6.33. The molecule has 0 bridgehead atoms. The highest BCUT2D eigenvalue weighted by Gasteiger charge is 2.18. The Morgan fingerprint density at radius 2 is 2.29 bits per heavy atom. The number of nitrogens with two attached hydrogens (primary N) is 1.